The van der Waals surface area contributed by atoms with Gasteiger partial charge < -0.3 is 10.4 Å². The Bertz CT molecular complexity index is 400. The second-order valence-electron chi connectivity index (χ2n) is 4.24. The molecule has 1 aliphatic rings. The SMILES string of the molecule is CCCNc1cc(C2(C(=O)O)CC2)ccn1. The summed E-state index contributed by atoms with van der Waals surface area (Å²) < 4.78 is 0. The predicted molar refractivity (Wildman–Crippen MR) is 61.6 cm³/mol. The maximum absolute atomic E-state index is 11.2. The third-order valence-electron chi connectivity index (χ3n) is 3.03. The van der Waals surface area contributed by atoms with E-state index in [1.807, 2.05) is 6.07 Å². The minimum absolute atomic E-state index is 0.633. The molecular weight excluding hydrogens is 204 g/mol. The summed E-state index contributed by atoms with van der Waals surface area (Å²) in [5, 5.41) is 12.4. The van der Waals surface area contributed by atoms with Crippen molar-refractivity contribution in [3.05, 3.63) is 23.9 Å². The van der Waals surface area contributed by atoms with E-state index < -0.39 is 11.4 Å². The van der Waals surface area contributed by atoms with Crippen LogP contribution in [0.5, 0.6) is 0 Å². The molecule has 4 heteroatoms. The van der Waals surface area contributed by atoms with Crippen LogP contribution in [0.15, 0.2) is 18.3 Å². The van der Waals surface area contributed by atoms with Gasteiger partial charge in [-0.3, -0.25) is 4.79 Å². The molecule has 0 spiro atoms. The average molecular weight is 220 g/mol. The molecule has 1 aromatic rings. The maximum Gasteiger partial charge on any atom is 0.314 e. The summed E-state index contributed by atoms with van der Waals surface area (Å²) in [6.45, 7) is 2.94. The van der Waals surface area contributed by atoms with E-state index in [0.717, 1.165) is 37.2 Å². The van der Waals surface area contributed by atoms with Crippen molar-refractivity contribution in [2.45, 2.75) is 31.6 Å². The van der Waals surface area contributed by atoms with Gasteiger partial charge in [0.25, 0.3) is 0 Å². The normalized spacial score (nSPS) is 16.8. The smallest absolute Gasteiger partial charge is 0.314 e. The molecule has 2 rings (SSSR count). The lowest BCUT2D eigenvalue weighted by Crippen LogP contribution is -2.19. The first kappa shape index (κ1) is 10.9. The van der Waals surface area contributed by atoms with Crippen LogP contribution in [0.3, 0.4) is 0 Å². The lowest BCUT2D eigenvalue weighted by molar-refractivity contribution is -0.140. The molecule has 16 heavy (non-hydrogen) atoms. The van der Waals surface area contributed by atoms with Gasteiger partial charge in [0.05, 0.1) is 5.41 Å². The van der Waals surface area contributed by atoms with E-state index in [-0.39, 0.29) is 0 Å². The Balaban J connectivity index is 2.19. The molecule has 1 aliphatic carbocycles. The summed E-state index contributed by atoms with van der Waals surface area (Å²) in [6.07, 6.45) is 4.17. The number of pyridine rings is 1. The standard InChI is InChI=1S/C12H16N2O2/c1-2-6-13-10-8-9(3-7-14-10)12(4-5-12)11(15)16/h3,7-8H,2,4-6H2,1H3,(H,13,14)(H,15,16). The zero-order valence-electron chi connectivity index (χ0n) is 9.36. The Morgan fingerprint density at radius 3 is 2.94 bits per heavy atom. The first-order valence-electron chi connectivity index (χ1n) is 5.63. The van der Waals surface area contributed by atoms with Crippen LogP contribution in [-0.2, 0) is 10.2 Å². The lowest BCUT2D eigenvalue weighted by Gasteiger charge is -2.11. The fourth-order valence-corrected chi connectivity index (χ4v) is 1.83. The highest BCUT2D eigenvalue weighted by molar-refractivity contribution is 5.85. The maximum atomic E-state index is 11.2. The summed E-state index contributed by atoms with van der Waals surface area (Å²) in [6, 6.07) is 3.66. The lowest BCUT2D eigenvalue weighted by atomic mass is 9.97. The van der Waals surface area contributed by atoms with Crippen LogP contribution in [0.4, 0.5) is 5.82 Å². The highest BCUT2D eigenvalue weighted by Gasteiger charge is 2.51. The Hall–Kier alpha value is -1.58. The van der Waals surface area contributed by atoms with Gasteiger partial charge in [-0.1, -0.05) is 6.92 Å². The number of hydrogen-bond donors (Lipinski definition) is 2. The molecule has 0 atom stereocenters. The number of aromatic nitrogens is 1. The summed E-state index contributed by atoms with van der Waals surface area (Å²) in [5.41, 5.74) is 0.236. The molecule has 1 fully saturated rings. The molecule has 1 saturated carbocycles. The Morgan fingerprint density at radius 1 is 1.62 bits per heavy atom. The predicted octanol–water partition coefficient (Wildman–Crippen LogP) is 2.02. The van der Waals surface area contributed by atoms with Crippen molar-refractivity contribution in [1.29, 1.82) is 0 Å². The van der Waals surface area contributed by atoms with Crippen molar-refractivity contribution in [2.75, 3.05) is 11.9 Å². The molecule has 0 amide bonds. The number of nitrogens with zero attached hydrogens (tertiary/aromatic N) is 1. The molecule has 86 valence electrons. The van der Waals surface area contributed by atoms with Crippen LogP contribution < -0.4 is 5.32 Å². The number of aliphatic carboxylic acids is 1. The zero-order chi connectivity index (χ0) is 11.6. The summed E-state index contributed by atoms with van der Waals surface area (Å²) in [4.78, 5) is 15.3. The van der Waals surface area contributed by atoms with Crippen molar-refractivity contribution in [1.82, 2.24) is 4.98 Å². The molecule has 4 nitrogen and oxygen atoms in total. The second-order valence-corrected chi connectivity index (χ2v) is 4.24. The molecule has 0 unspecified atom stereocenters. The highest BCUT2D eigenvalue weighted by Crippen LogP contribution is 2.48. The number of carboxylic acids is 1. The van der Waals surface area contributed by atoms with Crippen molar-refractivity contribution in [3.63, 3.8) is 0 Å². The molecular formula is C12H16N2O2. The largest absolute Gasteiger partial charge is 0.481 e. The number of hydrogen-bond acceptors (Lipinski definition) is 3. The Labute approximate surface area is 94.7 Å². The van der Waals surface area contributed by atoms with Crippen LogP contribution in [0.25, 0.3) is 0 Å². The molecule has 0 aliphatic heterocycles. The molecule has 0 saturated heterocycles. The quantitative estimate of drug-likeness (QED) is 0.797. The van der Waals surface area contributed by atoms with Crippen LogP contribution >= 0.6 is 0 Å². The second kappa shape index (κ2) is 4.12. The van der Waals surface area contributed by atoms with Gasteiger partial charge in [0, 0.05) is 12.7 Å². The Kier molecular flexibility index (Phi) is 2.81. The highest BCUT2D eigenvalue weighted by atomic mass is 16.4. The van der Waals surface area contributed by atoms with E-state index >= 15 is 0 Å². The molecule has 1 aromatic heterocycles. The van der Waals surface area contributed by atoms with Crippen LogP contribution in [-0.4, -0.2) is 22.6 Å². The number of nitrogens with one attached hydrogen (secondary N) is 1. The third-order valence-corrected chi connectivity index (χ3v) is 3.03. The average Bonchev–Trinajstić information content (AvgIpc) is 3.08. The molecule has 1 heterocycles. The van der Waals surface area contributed by atoms with Crippen molar-refractivity contribution in [2.24, 2.45) is 0 Å². The van der Waals surface area contributed by atoms with Crippen LogP contribution in [0, 0.1) is 0 Å². The van der Waals surface area contributed by atoms with E-state index in [1.54, 1.807) is 12.3 Å². The van der Waals surface area contributed by atoms with Crippen LogP contribution in [0.2, 0.25) is 0 Å². The molecule has 0 radical (unpaired) electrons. The number of carbonyl (C=O) groups is 1. The fourth-order valence-electron chi connectivity index (χ4n) is 1.83. The first-order valence-corrected chi connectivity index (χ1v) is 5.63. The van der Waals surface area contributed by atoms with Gasteiger partial charge in [-0.2, -0.15) is 0 Å². The number of anilines is 1. The minimum atomic E-state index is -0.722. The zero-order valence-corrected chi connectivity index (χ0v) is 9.36. The molecule has 0 aromatic carbocycles. The van der Waals surface area contributed by atoms with E-state index in [9.17, 15) is 9.90 Å². The van der Waals surface area contributed by atoms with E-state index in [0.29, 0.717) is 0 Å². The van der Waals surface area contributed by atoms with Gasteiger partial charge >= 0.3 is 5.97 Å². The Morgan fingerprint density at radius 2 is 2.38 bits per heavy atom. The summed E-state index contributed by atoms with van der Waals surface area (Å²) in [7, 11) is 0. The first-order chi connectivity index (χ1) is 7.69. The van der Waals surface area contributed by atoms with Gasteiger partial charge in [0.2, 0.25) is 0 Å². The van der Waals surface area contributed by atoms with Gasteiger partial charge in [-0.15, -0.1) is 0 Å². The fraction of sp³-hybridized carbons (Fsp3) is 0.500. The van der Waals surface area contributed by atoms with Crippen molar-refractivity contribution in [3.8, 4) is 0 Å². The van der Waals surface area contributed by atoms with Gasteiger partial charge in [-0.05, 0) is 37.0 Å². The van der Waals surface area contributed by atoms with Crippen molar-refractivity contribution >= 4 is 11.8 Å². The summed E-state index contributed by atoms with van der Waals surface area (Å²) in [5.74, 6) is 0.0482. The van der Waals surface area contributed by atoms with Gasteiger partial charge in [0.1, 0.15) is 5.82 Å². The van der Waals surface area contributed by atoms with E-state index in [1.165, 1.54) is 0 Å². The number of rotatable bonds is 5. The number of carboxylic acid groups (broad SMARTS) is 1. The molecule has 2 N–H and O–H groups in total. The van der Waals surface area contributed by atoms with E-state index in [4.69, 9.17) is 0 Å². The van der Waals surface area contributed by atoms with Crippen molar-refractivity contribution < 1.29 is 9.90 Å². The minimum Gasteiger partial charge on any atom is -0.481 e. The monoisotopic (exact) mass is 220 g/mol. The third kappa shape index (κ3) is 1.87. The summed E-state index contributed by atoms with van der Waals surface area (Å²) >= 11 is 0. The molecule has 0 bridgehead atoms. The van der Waals surface area contributed by atoms with Gasteiger partial charge in [0.15, 0.2) is 0 Å². The topological polar surface area (TPSA) is 62.2 Å². The van der Waals surface area contributed by atoms with Gasteiger partial charge in [-0.25, -0.2) is 4.98 Å². The van der Waals surface area contributed by atoms with Crippen LogP contribution in [0.1, 0.15) is 31.7 Å². The van der Waals surface area contributed by atoms with E-state index in [2.05, 4.69) is 17.2 Å².